The number of halogens is 3. The van der Waals surface area contributed by atoms with Crippen LogP contribution >= 0.6 is 0 Å². The van der Waals surface area contributed by atoms with E-state index in [1.165, 1.54) is 6.92 Å². The van der Waals surface area contributed by atoms with Crippen molar-refractivity contribution in [2.45, 2.75) is 44.3 Å². The predicted molar refractivity (Wildman–Crippen MR) is 64.7 cm³/mol. The quantitative estimate of drug-likeness (QED) is 0.807. The molecule has 0 saturated carbocycles. The molecule has 0 radical (unpaired) electrons. The number of alkyl halides is 3. The van der Waals surface area contributed by atoms with Crippen LogP contribution in [0.1, 0.15) is 32.6 Å². The summed E-state index contributed by atoms with van der Waals surface area (Å²) < 4.78 is 37.4. The Morgan fingerprint density at radius 1 is 1.37 bits per heavy atom. The highest BCUT2D eigenvalue weighted by atomic mass is 19.4. The molecule has 0 aromatic heterocycles. The van der Waals surface area contributed by atoms with Crippen LogP contribution in [0.2, 0.25) is 0 Å². The lowest BCUT2D eigenvalue weighted by Gasteiger charge is -2.33. The summed E-state index contributed by atoms with van der Waals surface area (Å²) in [6.07, 6.45) is -2.94. The Morgan fingerprint density at radius 3 is 2.32 bits per heavy atom. The van der Waals surface area contributed by atoms with Gasteiger partial charge >= 0.3 is 12.1 Å². The lowest BCUT2D eigenvalue weighted by molar-refractivity contribution is -0.185. The second kappa shape index (κ2) is 6.09. The standard InChI is InChI=1S/C12H21F3N2O2/c1-11(16,10(18)19)5-2-6-17-7-3-9(4-8-17)12(13,14)15/h9H,2-8,16H2,1H3,(H,18,19). The van der Waals surface area contributed by atoms with Crippen LogP contribution in [0.5, 0.6) is 0 Å². The van der Waals surface area contributed by atoms with Crippen molar-refractivity contribution < 1.29 is 23.1 Å². The van der Waals surface area contributed by atoms with Crippen molar-refractivity contribution in [3.05, 3.63) is 0 Å². The van der Waals surface area contributed by atoms with E-state index in [1.54, 1.807) is 0 Å². The fourth-order valence-electron chi connectivity index (χ4n) is 2.26. The Balaban J connectivity index is 2.26. The van der Waals surface area contributed by atoms with Gasteiger partial charge in [0.2, 0.25) is 0 Å². The van der Waals surface area contributed by atoms with Crippen molar-refractivity contribution in [2.75, 3.05) is 19.6 Å². The van der Waals surface area contributed by atoms with Crippen molar-refractivity contribution in [2.24, 2.45) is 11.7 Å². The topological polar surface area (TPSA) is 66.6 Å². The average Bonchev–Trinajstić information content (AvgIpc) is 2.28. The summed E-state index contributed by atoms with van der Waals surface area (Å²) in [5.41, 5.74) is 4.33. The zero-order valence-electron chi connectivity index (χ0n) is 11.0. The van der Waals surface area contributed by atoms with Crippen LogP contribution in [0.15, 0.2) is 0 Å². The number of nitrogens with two attached hydrogens (primary N) is 1. The summed E-state index contributed by atoms with van der Waals surface area (Å²) in [4.78, 5) is 12.7. The molecule has 19 heavy (non-hydrogen) atoms. The first-order valence-electron chi connectivity index (χ1n) is 6.44. The van der Waals surface area contributed by atoms with E-state index < -0.39 is 23.6 Å². The zero-order valence-corrected chi connectivity index (χ0v) is 11.0. The number of carbonyl (C=O) groups is 1. The van der Waals surface area contributed by atoms with Crippen LogP contribution < -0.4 is 5.73 Å². The Morgan fingerprint density at radius 2 is 1.89 bits per heavy atom. The molecule has 7 heteroatoms. The van der Waals surface area contributed by atoms with Crippen molar-refractivity contribution in [1.29, 1.82) is 0 Å². The van der Waals surface area contributed by atoms with Gasteiger partial charge in [-0.2, -0.15) is 13.2 Å². The van der Waals surface area contributed by atoms with Crippen LogP contribution in [0.3, 0.4) is 0 Å². The maximum atomic E-state index is 12.5. The van der Waals surface area contributed by atoms with E-state index in [0.29, 0.717) is 32.5 Å². The van der Waals surface area contributed by atoms with Gasteiger partial charge in [0.15, 0.2) is 0 Å². The first-order valence-corrected chi connectivity index (χ1v) is 6.44. The fourth-order valence-corrected chi connectivity index (χ4v) is 2.26. The Bertz CT molecular complexity index is 311. The molecule has 0 aromatic carbocycles. The van der Waals surface area contributed by atoms with Gasteiger partial charge in [0.05, 0.1) is 5.92 Å². The summed E-state index contributed by atoms with van der Waals surface area (Å²) in [7, 11) is 0. The van der Waals surface area contributed by atoms with E-state index in [4.69, 9.17) is 10.8 Å². The summed E-state index contributed by atoms with van der Waals surface area (Å²) in [5.74, 6) is -2.24. The molecule has 112 valence electrons. The predicted octanol–water partition coefficient (Wildman–Crippen LogP) is 1.84. The van der Waals surface area contributed by atoms with E-state index >= 15 is 0 Å². The van der Waals surface area contributed by atoms with Crippen molar-refractivity contribution >= 4 is 5.97 Å². The number of likely N-dealkylation sites (tertiary alicyclic amines) is 1. The molecule has 4 nitrogen and oxygen atoms in total. The first-order chi connectivity index (χ1) is 8.63. The van der Waals surface area contributed by atoms with Gasteiger partial charge in [-0.3, -0.25) is 4.79 Å². The second-order valence-corrected chi connectivity index (χ2v) is 5.48. The SMILES string of the molecule is CC(N)(CCCN1CCC(C(F)(F)F)CC1)C(=O)O. The molecule has 0 aliphatic carbocycles. The molecule has 0 aromatic rings. The molecule has 0 bridgehead atoms. The molecule has 1 saturated heterocycles. The van der Waals surface area contributed by atoms with Crippen LogP contribution in [0, 0.1) is 5.92 Å². The molecular formula is C12H21F3N2O2. The molecule has 0 spiro atoms. The van der Waals surface area contributed by atoms with Crippen LogP contribution in [-0.4, -0.2) is 47.3 Å². The summed E-state index contributed by atoms with van der Waals surface area (Å²) >= 11 is 0. The minimum atomic E-state index is -4.09. The molecule has 1 atom stereocenters. The average molecular weight is 282 g/mol. The highest BCUT2D eigenvalue weighted by molar-refractivity contribution is 5.77. The van der Waals surface area contributed by atoms with Gasteiger partial charge in [-0.15, -0.1) is 0 Å². The number of carboxylic acids is 1. The summed E-state index contributed by atoms with van der Waals surface area (Å²) in [6, 6.07) is 0. The number of carboxylic acid groups (broad SMARTS) is 1. The van der Waals surface area contributed by atoms with Gasteiger partial charge in [-0.05, 0) is 52.2 Å². The number of piperidine rings is 1. The third-order valence-corrected chi connectivity index (χ3v) is 3.71. The van der Waals surface area contributed by atoms with Crippen molar-refractivity contribution in [3.8, 4) is 0 Å². The Kier molecular flexibility index (Phi) is 5.20. The highest BCUT2D eigenvalue weighted by Gasteiger charge is 2.40. The lowest BCUT2D eigenvalue weighted by atomic mass is 9.94. The Labute approximate surface area is 110 Å². The minimum absolute atomic E-state index is 0.127. The van der Waals surface area contributed by atoms with Crippen LogP contribution in [0.25, 0.3) is 0 Å². The number of rotatable bonds is 5. The second-order valence-electron chi connectivity index (χ2n) is 5.48. The fraction of sp³-hybridized carbons (Fsp3) is 0.917. The molecule has 1 aliphatic rings. The molecular weight excluding hydrogens is 261 g/mol. The molecule has 0 amide bonds. The lowest BCUT2D eigenvalue weighted by Crippen LogP contribution is -2.45. The molecule has 1 heterocycles. The van der Waals surface area contributed by atoms with Crippen LogP contribution in [0.4, 0.5) is 13.2 Å². The molecule has 3 N–H and O–H groups in total. The van der Waals surface area contributed by atoms with E-state index in [-0.39, 0.29) is 12.8 Å². The van der Waals surface area contributed by atoms with E-state index in [1.807, 2.05) is 4.90 Å². The maximum absolute atomic E-state index is 12.5. The van der Waals surface area contributed by atoms with Gasteiger partial charge < -0.3 is 15.7 Å². The van der Waals surface area contributed by atoms with E-state index in [2.05, 4.69) is 0 Å². The monoisotopic (exact) mass is 282 g/mol. The smallest absolute Gasteiger partial charge is 0.391 e. The molecule has 1 unspecified atom stereocenters. The maximum Gasteiger partial charge on any atom is 0.391 e. The zero-order chi connectivity index (χ0) is 14.7. The van der Waals surface area contributed by atoms with Gasteiger partial charge in [0.1, 0.15) is 5.54 Å². The van der Waals surface area contributed by atoms with Crippen molar-refractivity contribution in [3.63, 3.8) is 0 Å². The van der Waals surface area contributed by atoms with Gasteiger partial charge in [-0.1, -0.05) is 0 Å². The molecule has 1 rings (SSSR count). The molecule has 1 aliphatic heterocycles. The normalized spacial score (nSPS) is 22.2. The van der Waals surface area contributed by atoms with Gasteiger partial charge in [0.25, 0.3) is 0 Å². The van der Waals surface area contributed by atoms with E-state index in [0.717, 1.165) is 0 Å². The van der Waals surface area contributed by atoms with E-state index in [9.17, 15) is 18.0 Å². The summed E-state index contributed by atoms with van der Waals surface area (Å²) in [5, 5.41) is 8.84. The van der Waals surface area contributed by atoms with Gasteiger partial charge in [-0.25, -0.2) is 0 Å². The van der Waals surface area contributed by atoms with Gasteiger partial charge in [0, 0.05) is 0 Å². The number of hydrogen-bond acceptors (Lipinski definition) is 3. The third-order valence-electron chi connectivity index (χ3n) is 3.71. The third kappa shape index (κ3) is 4.99. The largest absolute Gasteiger partial charge is 0.480 e. The van der Waals surface area contributed by atoms with Crippen LogP contribution in [-0.2, 0) is 4.79 Å². The first kappa shape index (κ1) is 16.2. The molecule has 1 fully saturated rings. The number of hydrogen-bond donors (Lipinski definition) is 2. The summed E-state index contributed by atoms with van der Waals surface area (Å²) in [6.45, 7) is 2.88. The van der Waals surface area contributed by atoms with Crippen molar-refractivity contribution in [1.82, 2.24) is 4.90 Å². The number of aliphatic carboxylic acids is 1. The highest BCUT2D eigenvalue weighted by Crippen LogP contribution is 2.34. The minimum Gasteiger partial charge on any atom is -0.480 e. The Hall–Kier alpha value is -0.820. The number of nitrogens with zero attached hydrogens (tertiary/aromatic N) is 1.